The second-order valence-corrected chi connectivity index (χ2v) is 1.74. The average molecular weight is 156 g/mol. The van der Waals surface area contributed by atoms with Crippen LogP contribution in [-0.2, 0) is 0 Å². The monoisotopic (exact) mass is 156 g/mol. The fraction of sp³-hybridized carbons (Fsp3) is 0.600. The summed E-state index contributed by atoms with van der Waals surface area (Å²) in [5.74, 6) is 1.67. The normalized spacial score (nSPS) is 14.3. The predicted molar refractivity (Wildman–Crippen MR) is 28.8 cm³/mol. The van der Waals surface area contributed by atoms with Crippen molar-refractivity contribution in [3.63, 3.8) is 0 Å². The second kappa shape index (κ2) is 7.02. The van der Waals surface area contributed by atoms with Gasteiger partial charge < -0.3 is 16.1 Å². The van der Waals surface area contributed by atoms with Crippen molar-refractivity contribution in [2.24, 2.45) is 0 Å². The first-order valence-electron chi connectivity index (χ1n) is 2.36. The van der Waals surface area contributed by atoms with Crippen LogP contribution in [0.15, 0.2) is 0 Å². The summed E-state index contributed by atoms with van der Waals surface area (Å²) in [5, 5.41) is 13.9. The van der Waals surface area contributed by atoms with Crippen molar-refractivity contribution in [3.8, 4) is 0 Å². The molecule has 0 aliphatic heterocycles. The minimum Gasteiger partial charge on any atom is -0.450 e. The molecule has 3 nitrogen and oxygen atoms in total. The van der Waals surface area contributed by atoms with Crippen LogP contribution in [0, 0.1) is 5.92 Å². The summed E-state index contributed by atoms with van der Waals surface area (Å²) >= 11 is 0. The number of rotatable bonds is 0. The summed E-state index contributed by atoms with van der Waals surface area (Å²) < 4.78 is 0. The van der Waals surface area contributed by atoms with Crippen molar-refractivity contribution in [3.05, 3.63) is 5.92 Å². The predicted octanol–water partition coefficient (Wildman–Crippen LogP) is -1.40. The molecule has 0 bridgehead atoms. The molecule has 1 aliphatic carbocycles. The molecule has 1 saturated carbocycles. The van der Waals surface area contributed by atoms with Gasteiger partial charge in [-0.2, -0.15) is 6.92 Å². The first kappa shape index (κ1) is 12.6. The third-order valence-corrected chi connectivity index (χ3v) is 0.750. The van der Waals surface area contributed by atoms with Gasteiger partial charge in [0.1, 0.15) is 0 Å². The second-order valence-electron chi connectivity index (χ2n) is 1.74. The van der Waals surface area contributed by atoms with Crippen molar-refractivity contribution >= 4 is 6.16 Å². The Labute approximate surface area is 96.9 Å². The maximum absolute atomic E-state index is 8.56. The van der Waals surface area contributed by atoms with Gasteiger partial charge in [-0.05, 0) is 0 Å². The molecule has 0 atom stereocenters. The van der Waals surface area contributed by atoms with Crippen molar-refractivity contribution < 1.29 is 66.4 Å². The molecule has 0 amide bonds. The van der Waals surface area contributed by atoms with Gasteiger partial charge >= 0.3 is 57.5 Å². The Kier molecular flexibility index (Phi) is 9.80. The molecule has 0 aromatic carbocycles. The Bertz CT molecular complexity index is 76.3. The first-order chi connectivity index (χ1) is 3.63. The van der Waals surface area contributed by atoms with Crippen LogP contribution >= 0.6 is 0 Å². The van der Waals surface area contributed by atoms with Crippen LogP contribution in [0.1, 0.15) is 19.8 Å². The Morgan fingerprint density at radius 2 is 1.56 bits per heavy atom. The molecule has 0 aromatic heterocycles. The molecule has 0 heterocycles. The van der Waals surface area contributed by atoms with Crippen molar-refractivity contribution in [2.45, 2.75) is 19.8 Å². The van der Waals surface area contributed by atoms with E-state index in [1.807, 2.05) is 0 Å². The molecular weight excluding hydrogens is 147 g/mol. The maximum Gasteiger partial charge on any atom is 1.00 e. The van der Waals surface area contributed by atoms with Crippen LogP contribution in [0.4, 0.5) is 4.79 Å². The number of hydrogen-bond acceptors (Lipinski definition) is 1. The van der Waals surface area contributed by atoms with Gasteiger partial charge in [-0.1, -0.05) is 0 Å². The maximum atomic E-state index is 8.56. The molecule has 48 valence electrons. The van der Waals surface area contributed by atoms with E-state index < -0.39 is 6.16 Å². The molecular formula is C5H9KO3. The first-order valence-corrected chi connectivity index (χ1v) is 2.36. The quantitative estimate of drug-likeness (QED) is 0.335. The van der Waals surface area contributed by atoms with E-state index in [0.29, 0.717) is 0 Å². The van der Waals surface area contributed by atoms with Gasteiger partial charge in [0.2, 0.25) is 0 Å². The van der Waals surface area contributed by atoms with E-state index >= 15 is 0 Å². The number of carbonyl (C=O) groups is 1. The fourth-order valence-corrected chi connectivity index (χ4v) is 0.125. The van der Waals surface area contributed by atoms with Crippen LogP contribution in [0.2, 0.25) is 0 Å². The van der Waals surface area contributed by atoms with E-state index in [4.69, 9.17) is 15.0 Å². The van der Waals surface area contributed by atoms with E-state index in [1.165, 1.54) is 12.8 Å². The van der Waals surface area contributed by atoms with Gasteiger partial charge in [0.05, 0.1) is 0 Å². The smallest absolute Gasteiger partial charge is 0.450 e. The summed E-state index contributed by atoms with van der Waals surface area (Å²) in [5.41, 5.74) is 0. The minimum atomic E-state index is -1.83. The van der Waals surface area contributed by atoms with E-state index in [0.717, 1.165) is 0 Å². The Morgan fingerprint density at radius 3 is 1.56 bits per heavy atom. The SMILES string of the molecule is C[C-]1CC1.O=C(O)O.[K+]. The Balaban J connectivity index is 0. The average Bonchev–Trinajstić information content (AvgIpc) is 2.19. The largest absolute Gasteiger partial charge is 1.00 e. The zero-order valence-corrected chi connectivity index (χ0v) is 8.84. The van der Waals surface area contributed by atoms with Gasteiger partial charge in [0.25, 0.3) is 0 Å². The van der Waals surface area contributed by atoms with Crippen LogP contribution < -0.4 is 51.4 Å². The van der Waals surface area contributed by atoms with Gasteiger partial charge in [-0.15, -0.1) is 0 Å². The molecule has 1 aliphatic rings. The molecule has 0 unspecified atom stereocenters. The molecule has 2 N–H and O–H groups in total. The van der Waals surface area contributed by atoms with E-state index in [-0.39, 0.29) is 51.4 Å². The number of hydrogen-bond donors (Lipinski definition) is 2. The minimum absolute atomic E-state index is 0. The van der Waals surface area contributed by atoms with E-state index in [2.05, 4.69) is 6.92 Å². The fourth-order valence-electron chi connectivity index (χ4n) is 0.125. The Hall–Kier alpha value is 0.906. The van der Waals surface area contributed by atoms with Crippen molar-refractivity contribution in [2.75, 3.05) is 0 Å². The van der Waals surface area contributed by atoms with Crippen LogP contribution in [0.5, 0.6) is 0 Å². The van der Waals surface area contributed by atoms with Crippen molar-refractivity contribution in [1.82, 2.24) is 0 Å². The number of carboxylic acid groups (broad SMARTS) is 2. The van der Waals surface area contributed by atoms with Gasteiger partial charge in [-0.25, -0.2) is 17.6 Å². The summed E-state index contributed by atoms with van der Waals surface area (Å²) in [7, 11) is 0. The molecule has 1 rings (SSSR count). The summed E-state index contributed by atoms with van der Waals surface area (Å²) in [6.45, 7) is 2.19. The van der Waals surface area contributed by atoms with E-state index in [1.54, 1.807) is 5.92 Å². The summed E-state index contributed by atoms with van der Waals surface area (Å²) in [6, 6.07) is 0. The van der Waals surface area contributed by atoms with Gasteiger partial charge in [0.15, 0.2) is 0 Å². The molecule has 0 aromatic rings. The zero-order valence-electron chi connectivity index (χ0n) is 5.72. The molecule has 9 heavy (non-hydrogen) atoms. The zero-order chi connectivity index (χ0) is 6.57. The standard InChI is InChI=1S/C4H7.CH2O3.K/c1-4-2-3-4;2-1(3)4;/h2-3H2,1H3;(H2,2,3,4);/q-1;;+1. The topological polar surface area (TPSA) is 57.5 Å². The third-order valence-electron chi connectivity index (χ3n) is 0.750. The Morgan fingerprint density at radius 1 is 1.44 bits per heavy atom. The van der Waals surface area contributed by atoms with Crippen molar-refractivity contribution in [1.29, 1.82) is 0 Å². The van der Waals surface area contributed by atoms with Gasteiger partial charge in [0, 0.05) is 0 Å². The van der Waals surface area contributed by atoms with Gasteiger partial charge in [-0.3, -0.25) is 0 Å². The summed E-state index contributed by atoms with van der Waals surface area (Å²) in [6.07, 6.45) is 0.972. The molecule has 0 radical (unpaired) electrons. The molecule has 0 saturated heterocycles. The molecule has 1 fully saturated rings. The third kappa shape index (κ3) is 27.8. The molecule has 0 spiro atoms. The van der Waals surface area contributed by atoms with E-state index in [9.17, 15) is 0 Å². The van der Waals surface area contributed by atoms with Crippen LogP contribution in [0.3, 0.4) is 0 Å². The molecule has 4 heteroatoms. The summed E-state index contributed by atoms with van der Waals surface area (Å²) in [4.78, 5) is 8.56. The van der Waals surface area contributed by atoms with Crippen LogP contribution in [-0.4, -0.2) is 16.4 Å². The van der Waals surface area contributed by atoms with Crippen LogP contribution in [0.25, 0.3) is 0 Å².